The van der Waals surface area contributed by atoms with Gasteiger partial charge in [-0.2, -0.15) is 0 Å². The number of hydrogen-bond acceptors (Lipinski definition) is 2. The summed E-state index contributed by atoms with van der Waals surface area (Å²) in [4.78, 5) is 12.2. The topological polar surface area (TPSA) is 46.3 Å². The fourth-order valence-corrected chi connectivity index (χ4v) is 0.582. The first-order valence-corrected chi connectivity index (χ1v) is 3.11. The third-order valence-corrected chi connectivity index (χ3v) is 1.09. The summed E-state index contributed by atoms with van der Waals surface area (Å²) in [5.74, 6) is 4.42. The van der Waals surface area contributed by atoms with Crippen molar-refractivity contribution in [3.8, 4) is 24.7 Å². The van der Waals surface area contributed by atoms with E-state index in [1.165, 1.54) is 4.90 Å². The van der Waals surface area contributed by atoms with Crippen molar-refractivity contribution in [2.24, 2.45) is 5.73 Å². The first-order valence-electron chi connectivity index (χ1n) is 3.11. The van der Waals surface area contributed by atoms with E-state index in [0.717, 1.165) is 0 Å². The Labute approximate surface area is 66.6 Å². The number of nitrogens with zero attached hydrogens (tertiary/aromatic N) is 1. The average Bonchev–Trinajstić information content (AvgIpc) is 2.03. The van der Waals surface area contributed by atoms with E-state index >= 15 is 0 Å². The highest BCUT2D eigenvalue weighted by Gasteiger charge is 2.07. The van der Waals surface area contributed by atoms with Gasteiger partial charge in [0.15, 0.2) is 0 Å². The molecule has 3 nitrogen and oxygen atoms in total. The molecule has 0 saturated carbocycles. The molecule has 2 N–H and O–H groups in total. The average molecular weight is 150 g/mol. The molecule has 0 rings (SSSR count). The van der Waals surface area contributed by atoms with Gasteiger partial charge in [-0.1, -0.05) is 11.8 Å². The highest BCUT2D eigenvalue weighted by atomic mass is 16.2. The second-order valence-electron chi connectivity index (χ2n) is 1.86. The van der Waals surface area contributed by atoms with Crippen LogP contribution in [0.4, 0.5) is 0 Å². The monoisotopic (exact) mass is 150 g/mol. The van der Waals surface area contributed by atoms with Gasteiger partial charge >= 0.3 is 0 Å². The van der Waals surface area contributed by atoms with E-state index in [4.69, 9.17) is 18.6 Å². The quantitative estimate of drug-likeness (QED) is 0.527. The van der Waals surface area contributed by atoms with Gasteiger partial charge < -0.3 is 10.6 Å². The van der Waals surface area contributed by atoms with Crippen LogP contribution in [0, 0.1) is 24.7 Å². The Morgan fingerprint density at radius 3 is 2.09 bits per heavy atom. The van der Waals surface area contributed by atoms with Crippen LogP contribution in [0.3, 0.4) is 0 Å². The van der Waals surface area contributed by atoms with Gasteiger partial charge in [-0.3, -0.25) is 4.79 Å². The van der Waals surface area contributed by atoms with Crippen LogP contribution in [-0.2, 0) is 4.79 Å². The van der Waals surface area contributed by atoms with Crippen molar-refractivity contribution < 1.29 is 4.79 Å². The normalized spacial score (nSPS) is 7.91. The molecule has 3 heteroatoms. The Hall–Kier alpha value is -1.45. The Morgan fingerprint density at radius 1 is 1.36 bits per heavy atom. The van der Waals surface area contributed by atoms with Crippen LogP contribution in [0.25, 0.3) is 0 Å². The molecule has 0 spiro atoms. The Kier molecular flexibility index (Phi) is 4.64. The van der Waals surface area contributed by atoms with E-state index < -0.39 is 0 Å². The van der Waals surface area contributed by atoms with Crippen LogP contribution in [0.15, 0.2) is 0 Å². The molecule has 0 aromatic rings. The van der Waals surface area contributed by atoms with Crippen molar-refractivity contribution in [1.82, 2.24) is 4.90 Å². The highest BCUT2D eigenvalue weighted by Crippen LogP contribution is 1.85. The molecule has 0 heterocycles. The van der Waals surface area contributed by atoms with E-state index in [1.807, 2.05) is 0 Å². The van der Waals surface area contributed by atoms with Gasteiger partial charge in [-0.15, -0.1) is 12.8 Å². The zero-order valence-corrected chi connectivity index (χ0v) is 6.21. The molecule has 0 aromatic heterocycles. The number of terminal acetylenes is 2. The summed E-state index contributed by atoms with van der Waals surface area (Å²) < 4.78 is 0. The molecular weight excluding hydrogens is 140 g/mol. The van der Waals surface area contributed by atoms with Gasteiger partial charge in [0.25, 0.3) is 0 Å². The number of hydrogen-bond donors (Lipinski definition) is 1. The van der Waals surface area contributed by atoms with Gasteiger partial charge in [0.2, 0.25) is 5.91 Å². The fraction of sp³-hybridized carbons (Fsp3) is 0.375. The fourth-order valence-electron chi connectivity index (χ4n) is 0.582. The minimum atomic E-state index is -0.221. The lowest BCUT2D eigenvalue weighted by molar-refractivity contribution is -0.128. The Balaban J connectivity index is 4.02. The second kappa shape index (κ2) is 5.34. The SMILES string of the molecule is C#CCN(CC#C)C(=O)CN. The van der Waals surface area contributed by atoms with E-state index in [2.05, 4.69) is 11.8 Å². The van der Waals surface area contributed by atoms with Crippen molar-refractivity contribution >= 4 is 5.91 Å². The largest absolute Gasteiger partial charge is 0.322 e. The molecule has 0 atom stereocenters. The number of carbonyl (C=O) groups excluding carboxylic acids is 1. The van der Waals surface area contributed by atoms with Crippen LogP contribution in [0.2, 0.25) is 0 Å². The van der Waals surface area contributed by atoms with Crippen molar-refractivity contribution in [2.75, 3.05) is 19.6 Å². The molecule has 0 unspecified atom stereocenters. The predicted molar refractivity (Wildman–Crippen MR) is 43.3 cm³/mol. The van der Waals surface area contributed by atoms with Crippen LogP contribution in [-0.4, -0.2) is 30.4 Å². The predicted octanol–water partition coefficient (Wildman–Crippen LogP) is -0.960. The van der Waals surface area contributed by atoms with Crippen LogP contribution >= 0.6 is 0 Å². The van der Waals surface area contributed by atoms with E-state index in [1.54, 1.807) is 0 Å². The summed E-state index contributed by atoms with van der Waals surface area (Å²) in [6.07, 6.45) is 10.00. The van der Waals surface area contributed by atoms with Crippen LogP contribution < -0.4 is 5.73 Å². The third-order valence-electron chi connectivity index (χ3n) is 1.09. The van der Waals surface area contributed by atoms with Crippen LogP contribution in [0.1, 0.15) is 0 Å². The number of rotatable bonds is 3. The number of nitrogens with two attached hydrogens (primary N) is 1. The van der Waals surface area contributed by atoms with Gasteiger partial charge in [0, 0.05) is 0 Å². The lowest BCUT2D eigenvalue weighted by Gasteiger charge is -2.15. The van der Waals surface area contributed by atoms with Gasteiger partial charge in [-0.05, 0) is 0 Å². The van der Waals surface area contributed by atoms with Crippen molar-refractivity contribution in [1.29, 1.82) is 0 Å². The second-order valence-corrected chi connectivity index (χ2v) is 1.86. The third kappa shape index (κ3) is 3.30. The summed E-state index contributed by atoms with van der Waals surface area (Å²) in [6.45, 7) is 0.393. The maximum atomic E-state index is 10.9. The van der Waals surface area contributed by atoms with E-state index in [-0.39, 0.29) is 25.5 Å². The summed E-state index contributed by atoms with van der Waals surface area (Å²) in [7, 11) is 0. The summed E-state index contributed by atoms with van der Waals surface area (Å²) >= 11 is 0. The van der Waals surface area contributed by atoms with Gasteiger partial charge in [-0.25, -0.2) is 0 Å². The van der Waals surface area contributed by atoms with Gasteiger partial charge in [0.1, 0.15) is 0 Å². The summed E-state index contributed by atoms with van der Waals surface area (Å²) in [5.41, 5.74) is 5.11. The smallest absolute Gasteiger partial charge is 0.237 e. The summed E-state index contributed by atoms with van der Waals surface area (Å²) in [6, 6.07) is 0. The minimum Gasteiger partial charge on any atom is -0.322 e. The lowest BCUT2D eigenvalue weighted by atomic mass is 10.4. The minimum absolute atomic E-state index is 0.0522. The Morgan fingerprint density at radius 2 is 1.82 bits per heavy atom. The maximum absolute atomic E-state index is 10.9. The molecular formula is C8H10N2O. The molecule has 0 bridgehead atoms. The molecule has 0 saturated heterocycles. The molecule has 0 aromatic carbocycles. The van der Waals surface area contributed by atoms with Crippen molar-refractivity contribution in [2.45, 2.75) is 0 Å². The van der Waals surface area contributed by atoms with E-state index in [0.29, 0.717) is 0 Å². The zero-order chi connectivity index (χ0) is 8.69. The summed E-state index contributed by atoms with van der Waals surface area (Å²) in [5, 5.41) is 0. The van der Waals surface area contributed by atoms with Crippen molar-refractivity contribution in [3.63, 3.8) is 0 Å². The first kappa shape index (κ1) is 9.55. The highest BCUT2D eigenvalue weighted by molar-refractivity contribution is 5.78. The number of amides is 1. The van der Waals surface area contributed by atoms with Crippen LogP contribution in [0.5, 0.6) is 0 Å². The molecule has 1 amide bonds. The molecule has 0 aliphatic carbocycles. The number of carbonyl (C=O) groups is 1. The molecule has 0 fully saturated rings. The first-order chi connectivity index (χ1) is 5.26. The van der Waals surface area contributed by atoms with E-state index in [9.17, 15) is 4.79 Å². The van der Waals surface area contributed by atoms with Crippen molar-refractivity contribution in [3.05, 3.63) is 0 Å². The molecule has 0 aliphatic heterocycles. The molecule has 0 radical (unpaired) electrons. The zero-order valence-electron chi connectivity index (χ0n) is 6.21. The molecule has 11 heavy (non-hydrogen) atoms. The standard InChI is InChI=1S/C8H10N2O/c1-3-5-10(6-4-2)8(11)7-9/h1-2H,5-7,9H2. The molecule has 58 valence electrons. The Bertz CT molecular complexity index is 193. The maximum Gasteiger partial charge on any atom is 0.237 e. The molecule has 0 aliphatic rings. The lowest BCUT2D eigenvalue weighted by Crippen LogP contribution is -2.36. The van der Waals surface area contributed by atoms with Gasteiger partial charge in [0.05, 0.1) is 19.6 Å².